The lowest BCUT2D eigenvalue weighted by Crippen LogP contribution is -2.36. The van der Waals surface area contributed by atoms with Crippen molar-refractivity contribution in [3.8, 4) is 0 Å². The number of anilines is 4. The number of carbonyl (C=O) groups is 2. The van der Waals surface area contributed by atoms with Crippen molar-refractivity contribution in [1.29, 1.82) is 0 Å². The fourth-order valence-electron chi connectivity index (χ4n) is 3.38. The summed E-state index contributed by atoms with van der Waals surface area (Å²) < 4.78 is 0. The van der Waals surface area contributed by atoms with Gasteiger partial charge in [-0.1, -0.05) is 29.8 Å². The number of carbonyl (C=O) groups excluding carboxylic acids is 2. The van der Waals surface area contributed by atoms with Gasteiger partial charge in [0.1, 0.15) is 5.82 Å². The van der Waals surface area contributed by atoms with Crippen molar-refractivity contribution < 1.29 is 9.59 Å². The second-order valence-corrected chi connectivity index (χ2v) is 7.33. The molecule has 0 spiro atoms. The van der Waals surface area contributed by atoms with Crippen LogP contribution in [0.1, 0.15) is 29.0 Å². The number of hydrogen-bond acceptors (Lipinski definition) is 5. The zero-order valence-electron chi connectivity index (χ0n) is 16.6. The van der Waals surface area contributed by atoms with Crippen LogP contribution in [0.3, 0.4) is 0 Å². The van der Waals surface area contributed by atoms with E-state index >= 15 is 0 Å². The summed E-state index contributed by atoms with van der Waals surface area (Å²) in [6.45, 7) is 3.89. The number of nitrogens with one attached hydrogen (secondary N) is 4. The van der Waals surface area contributed by atoms with Crippen LogP contribution in [0.4, 0.5) is 23.1 Å². The fraction of sp³-hybridized carbons (Fsp3) is 0.182. The first-order valence-corrected chi connectivity index (χ1v) is 9.54. The molecule has 0 saturated heterocycles. The van der Waals surface area contributed by atoms with Crippen molar-refractivity contribution in [3.63, 3.8) is 0 Å². The first-order chi connectivity index (χ1) is 14.4. The molecule has 1 aliphatic rings. The van der Waals surface area contributed by atoms with E-state index in [2.05, 4.69) is 25.9 Å². The van der Waals surface area contributed by atoms with E-state index in [0.717, 1.165) is 16.8 Å². The molecule has 1 aliphatic heterocycles. The second-order valence-electron chi connectivity index (χ2n) is 7.33. The molecule has 8 nitrogen and oxygen atoms in total. The number of rotatable bonds is 4. The van der Waals surface area contributed by atoms with E-state index in [1.165, 1.54) is 0 Å². The molecule has 1 unspecified atom stereocenters. The molecule has 30 heavy (non-hydrogen) atoms. The van der Waals surface area contributed by atoms with Gasteiger partial charge in [0.2, 0.25) is 17.8 Å². The fourth-order valence-corrected chi connectivity index (χ4v) is 3.38. The molecule has 2 aromatic carbocycles. The highest BCUT2D eigenvalue weighted by Gasteiger charge is 2.34. The molecular weight excluding hydrogens is 382 g/mol. The normalized spacial score (nSPS) is 15.1. The average Bonchev–Trinajstić information content (AvgIpc) is 2.69. The van der Waals surface area contributed by atoms with Crippen LogP contribution >= 0.6 is 0 Å². The molecule has 0 radical (unpaired) electrons. The minimum atomic E-state index is -0.932. The van der Waals surface area contributed by atoms with Crippen LogP contribution in [-0.4, -0.2) is 21.8 Å². The van der Waals surface area contributed by atoms with Crippen LogP contribution in [0.25, 0.3) is 0 Å². The van der Waals surface area contributed by atoms with Gasteiger partial charge in [0.05, 0.1) is 11.5 Å². The van der Waals surface area contributed by atoms with Crippen molar-refractivity contribution in [3.05, 3.63) is 75.6 Å². The predicted octanol–water partition coefficient (Wildman–Crippen LogP) is 3.19. The largest absolute Gasteiger partial charge is 0.326 e. The summed E-state index contributed by atoms with van der Waals surface area (Å²) in [5, 5.41) is 8.40. The van der Waals surface area contributed by atoms with Gasteiger partial charge in [-0.15, -0.1) is 0 Å². The number of nitrogens with zero attached hydrogens (tertiary/aromatic N) is 1. The predicted molar refractivity (Wildman–Crippen MR) is 115 cm³/mol. The van der Waals surface area contributed by atoms with Crippen molar-refractivity contribution in [2.75, 3.05) is 16.0 Å². The molecule has 1 atom stereocenters. The van der Waals surface area contributed by atoms with E-state index in [-0.39, 0.29) is 29.7 Å². The number of H-pyrrole nitrogens is 1. The minimum Gasteiger partial charge on any atom is -0.326 e. The van der Waals surface area contributed by atoms with Gasteiger partial charge in [0, 0.05) is 17.8 Å². The van der Waals surface area contributed by atoms with Crippen molar-refractivity contribution in [2.24, 2.45) is 0 Å². The molecule has 4 N–H and O–H groups in total. The average molecular weight is 403 g/mol. The van der Waals surface area contributed by atoms with Gasteiger partial charge in [-0.05, 0) is 43.7 Å². The highest BCUT2D eigenvalue weighted by atomic mass is 16.2. The Kier molecular flexibility index (Phi) is 5.05. The van der Waals surface area contributed by atoms with E-state index in [4.69, 9.17) is 0 Å². The molecular formula is C22H21N5O3. The number of hydrogen-bond donors (Lipinski definition) is 4. The molecule has 8 heteroatoms. The van der Waals surface area contributed by atoms with E-state index in [1.807, 2.05) is 56.3 Å². The molecule has 0 fully saturated rings. The number of aryl methyl sites for hydroxylation is 2. The van der Waals surface area contributed by atoms with Crippen molar-refractivity contribution >= 4 is 35.0 Å². The second kappa shape index (κ2) is 7.82. The lowest BCUT2D eigenvalue weighted by Gasteiger charge is -2.23. The van der Waals surface area contributed by atoms with Gasteiger partial charge < -0.3 is 16.0 Å². The number of fused-ring (bicyclic) bond motifs is 1. The van der Waals surface area contributed by atoms with Crippen molar-refractivity contribution in [2.45, 2.75) is 26.2 Å². The summed E-state index contributed by atoms with van der Waals surface area (Å²) in [6, 6.07) is 14.9. The third-order valence-electron chi connectivity index (χ3n) is 4.87. The highest BCUT2D eigenvalue weighted by Crippen LogP contribution is 2.30. The van der Waals surface area contributed by atoms with Crippen LogP contribution in [0.5, 0.6) is 0 Å². The van der Waals surface area contributed by atoms with Gasteiger partial charge in [0.15, 0.2) is 0 Å². The lowest BCUT2D eigenvalue weighted by atomic mass is 9.92. The zero-order chi connectivity index (χ0) is 21.3. The molecule has 152 valence electrons. The third kappa shape index (κ3) is 4.07. The summed E-state index contributed by atoms with van der Waals surface area (Å²) >= 11 is 0. The van der Waals surface area contributed by atoms with Crippen molar-refractivity contribution in [1.82, 2.24) is 9.97 Å². The summed E-state index contributed by atoms with van der Waals surface area (Å²) in [7, 11) is 0. The topological polar surface area (TPSA) is 116 Å². The van der Waals surface area contributed by atoms with Crippen LogP contribution in [-0.2, 0) is 9.59 Å². The first kappa shape index (κ1) is 19.4. The Morgan fingerprint density at radius 3 is 2.53 bits per heavy atom. The van der Waals surface area contributed by atoms with E-state index < -0.39 is 17.4 Å². The van der Waals surface area contributed by atoms with Gasteiger partial charge in [0.25, 0.3) is 5.56 Å². The van der Waals surface area contributed by atoms with E-state index in [0.29, 0.717) is 5.69 Å². The lowest BCUT2D eigenvalue weighted by molar-refractivity contribution is -0.123. The Labute approximate surface area is 172 Å². The summed E-state index contributed by atoms with van der Waals surface area (Å²) in [5.74, 6) is -1.45. The Morgan fingerprint density at radius 2 is 1.80 bits per heavy atom. The molecule has 2 heterocycles. The highest BCUT2D eigenvalue weighted by molar-refractivity contribution is 6.04. The van der Waals surface area contributed by atoms with Gasteiger partial charge in [-0.25, -0.2) is 0 Å². The monoisotopic (exact) mass is 403 g/mol. The van der Waals surface area contributed by atoms with E-state index in [1.54, 1.807) is 6.07 Å². The van der Waals surface area contributed by atoms with E-state index in [9.17, 15) is 14.4 Å². The Morgan fingerprint density at radius 1 is 1.03 bits per heavy atom. The maximum atomic E-state index is 12.9. The molecule has 4 rings (SSSR count). The number of amides is 2. The van der Waals surface area contributed by atoms with Gasteiger partial charge >= 0.3 is 0 Å². The summed E-state index contributed by atoms with van der Waals surface area (Å²) in [5.41, 5.74) is 3.10. The minimum absolute atomic E-state index is 0.0917. The smallest absolute Gasteiger partial charge is 0.258 e. The van der Waals surface area contributed by atoms with Gasteiger partial charge in [-0.2, -0.15) is 4.98 Å². The molecule has 0 saturated carbocycles. The standard InChI is InChI=1S/C22H21N5O3/c1-12-6-8-14(9-7-12)24-22-26-19-18(21(30)27-22)16(11-17(28)25-19)20(29)23-15-5-3-4-13(2)10-15/h3-10,16H,11H2,1-2H3,(H,23,29)(H3,24,25,26,27,28,30). The van der Waals surface area contributed by atoms with Gasteiger partial charge in [-0.3, -0.25) is 19.4 Å². The molecule has 1 aromatic heterocycles. The number of benzene rings is 2. The molecule has 3 aromatic rings. The SMILES string of the molecule is Cc1ccc(Nc2nc3c(c(=O)[nH]2)C(C(=O)Nc2cccc(C)c2)CC(=O)N3)cc1. The van der Waals surface area contributed by atoms with Crippen LogP contribution in [0.2, 0.25) is 0 Å². The third-order valence-corrected chi connectivity index (χ3v) is 4.87. The number of aromatic nitrogens is 2. The molecule has 2 amide bonds. The van der Waals surface area contributed by atoms with Crippen LogP contribution in [0.15, 0.2) is 53.3 Å². The summed E-state index contributed by atoms with van der Waals surface area (Å²) in [6.07, 6.45) is -0.125. The van der Waals surface area contributed by atoms with Crippen LogP contribution < -0.4 is 21.5 Å². The molecule has 0 aliphatic carbocycles. The zero-order valence-corrected chi connectivity index (χ0v) is 16.6. The Bertz CT molecular complexity index is 1180. The maximum Gasteiger partial charge on any atom is 0.258 e. The Balaban J connectivity index is 1.63. The maximum absolute atomic E-state index is 12.9. The summed E-state index contributed by atoms with van der Waals surface area (Å²) in [4.78, 5) is 44.8. The quantitative estimate of drug-likeness (QED) is 0.534. The first-order valence-electron chi connectivity index (χ1n) is 9.54. The van der Waals surface area contributed by atoms with Crippen LogP contribution in [0, 0.1) is 13.8 Å². The number of aromatic amines is 1. The molecule has 0 bridgehead atoms. The Hall–Kier alpha value is -3.94.